The molecule has 1 aromatic carbocycles. The summed E-state index contributed by atoms with van der Waals surface area (Å²) in [4.78, 5) is 16.6. The number of rotatable bonds is 2. The summed E-state index contributed by atoms with van der Waals surface area (Å²) in [6, 6.07) is 9.06. The van der Waals surface area contributed by atoms with Crippen LogP contribution in [0.15, 0.2) is 54.4 Å². The molecule has 14 heavy (non-hydrogen) atoms. The molecule has 70 valence electrons. The maximum absolute atomic E-state index is 11.8. The number of allylic oxidation sites excluding steroid dienone is 3. The van der Waals surface area contributed by atoms with E-state index in [0.29, 0.717) is 11.3 Å². The molecule has 0 amide bonds. The zero-order chi connectivity index (χ0) is 9.80. The summed E-state index contributed by atoms with van der Waals surface area (Å²) >= 11 is 0. The predicted octanol–water partition coefficient (Wildman–Crippen LogP) is 1.80. The minimum Gasteiger partial charge on any atom is -0.390 e. The minimum absolute atomic E-state index is 0.0741. The molecule has 0 saturated carbocycles. The molecule has 1 aliphatic heterocycles. The number of ketones is 1. The molecule has 3 heteroatoms. The molecular weight excluding hydrogens is 178 g/mol. The molecule has 2 rings (SSSR count). The molecule has 0 fully saturated rings. The van der Waals surface area contributed by atoms with Crippen molar-refractivity contribution in [3.05, 3.63) is 60.0 Å². The zero-order valence-corrected chi connectivity index (χ0v) is 7.44. The molecule has 1 N–H and O–H groups in total. The van der Waals surface area contributed by atoms with E-state index in [1.807, 2.05) is 18.2 Å². The third-order valence-electron chi connectivity index (χ3n) is 1.86. The number of hydroxylamine groups is 1. The standard InChI is InChI=1S/C11H9NO2/c13-11(9-5-2-1-3-6-9)10-7-4-8-14-12-10/h1-8,12H. The minimum atomic E-state index is -0.0741. The summed E-state index contributed by atoms with van der Waals surface area (Å²) in [7, 11) is 0. The summed E-state index contributed by atoms with van der Waals surface area (Å²) in [6.07, 6.45) is 4.83. The maximum Gasteiger partial charge on any atom is 0.212 e. The number of Topliss-reactive ketones (excluding diaryl/α,β-unsaturated/α-hetero) is 1. The van der Waals surface area contributed by atoms with E-state index < -0.39 is 0 Å². The Kier molecular flexibility index (Phi) is 2.32. The van der Waals surface area contributed by atoms with Crippen molar-refractivity contribution in [2.24, 2.45) is 0 Å². The molecule has 0 radical (unpaired) electrons. The quantitative estimate of drug-likeness (QED) is 0.717. The van der Waals surface area contributed by atoms with Crippen LogP contribution in [0.1, 0.15) is 10.4 Å². The number of carbonyl (C=O) groups excluding carboxylic acids is 1. The van der Waals surface area contributed by atoms with Crippen molar-refractivity contribution in [2.75, 3.05) is 0 Å². The van der Waals surface area contributed by atoms with Crippen LogP contribution in [0.25, 0.3) is 0 Å². The fourth-order valence-electron chi connectivity index (χ4n) is 1.17. The molecule has 0 spiro atoms. The van der Waals surface area contributed by atoms with Crippen LogP contribution in [0.5, 0.6) is 0 Å². The average molecular weight is 187 g/mol. The number of hydrogen-bond donors (Lipinski definition) is 1. The van der Waals surface area contributed by atoms with Crippen molar-refractivity contribution in [1.29, 1.82) is 0 Å². The van der Waals surface area contributed by atoms with Crippen LogP contribution in [0, 0.1) is 0 Å². The Hall–Kier alpha value is -2.03. The second-order valence-electron chi connectivity index (χ2n) is 2.82. The smallest absolute Gasteiger partial charge is 0.212 e. The van der Waals surface area contributed by atoms with Crippen LogP contribution < -0.4 is 5.48 Å². The third kappa shape index (κ3) is 1.66. The third-order valence-corrected chi connectivity index (χ3v) is 1.86. The summed E-state index contributed by atoms with van der Waals surface area (Å²) in [5.74, 6) is -0.0741. The Morgan fingerprint density at radius 2 is 2.00 bits per heavy atom. The van der Waals surface area contributed by atoms with E-state index in [9.17, 15) is 4.79 Å². The summed E-state index contributed by atoms with van der Waals surface area (Å²) < 4.78 is 0. The van der Waals surface area contributed by atoms with E-state index in [0.717, 1.165) is 0 Å². The molecule has 0 aromatic heterocycles. The van der Waals surface area contributed by atoms with E-state index in [1.54, 1.807) is 24.3 Å². The number of hydrogen-bond acceptors (Lipinski definition) is 3. The van der Waals surface area contributed by atoms with Gasteiger partial charge in [0, 0.05) is 5.56 Å². The number of benzene rings is 1. The van der Waals surface area contributed by atoms with Gasteiger partial charge in [-0.3, -0.25) is 4.79 Å². The summed E-state index contributed by atoms with van der Waals surface area (Å²) in [5.41, 5.74) is 3.63. The lowest BCUT2D eigenvalue weighted by Crippen LogP contribution is -2.20. The first kappa shape index (κ1) is 8.56. The highest BCUT2D eigenvalue weighted by Gasteiger charge is 2.12. The van der Waals surface area contributed by atoms with Crippen LogP contribution in [0.3, 0.4) is 0 Å². The van der Waals surface area contributed by atoms with Gasteiger partial charge in [-0.2, -0.15) is 0 Å². The number of nitrogens with one attached hydrogen (secondary N) is 1. The van der Waals surface area contributed by atoms with Crippen molar-refractivity contribution in [3.8, 4) is 0 Å². The van der Waals surface area contributed by atoms with E-state index in [1.165, 1.54) is 6.26 Å². The largest absolute Gasteiger partial charge is 0.390 e. The highest BCUT2D eigenvalue weighted by atomic mass is 16.6. The Labute approximate surface area is 81.7 Å². The second-order valence-corrected chi connectivity index (χ2v) is 2.82. The van der Waals surface area contributed by atoms with Crippen LogP contribution in [0.4, 0.5) is 0 Å². The maximum atomic E-state index is 11.8. The molecule has 0 bridgehead atoms. The van der Waals surface area contributed by atoms with Gasteiger partial charge in [0.1, 0.15) is 12.0 Å². The molecule has 0 unspecified atom stereocenters. The SMILES string of the molecule is O=C(C1=CC=CON1)c1ccccc1. The molecule has 0 saturated heterocycles. The van der Waals surface area contributed by atoms with Gasteiger partial charge in [0.2, 0.25) is 5.78 Å². The fourth-order valence-corrected chi connectivity index (χ4v) is 1.17. The Morgan fingerprint density at radius 1 is 1.21 bits per heavy atom. The first-order valence-corrected chi connectivity index (χ1v) is 4.26. The Morgan fingerprint density at radius 3 is 2.64 bits per heavy atom. The Bertz CT molecular complexity index is 393. The van der Waals surface area contributed by atoms with Crippen LogP contribution in [-0.4, -0.2) is 5.78 Å². The summed E-state index contributed by atoms with van der Waals surface area (Å²) in [5, 5.41) is 0. The lowest BCUT2D eigenvalue weighted by atomic mass is 10.1. The van der Waals surface area contributed by atoms with E-state index >= 15 is 0 Å². The van der Waals surface area contributed by atoms with Crippen LogP contribution in [0.2, 0.25) is 0 Å². The van der Waals surface area contributed by atoms with Crippen molar-refractivity contribution in [1.82, 2.24) is 5.48 Å². The molecular formula is C11H9NO2. The first-order chi connectivity index (χ1) is 6.88. The lowest BCUT2D eigenvalue weighted by Gasteiger charge is -2.10. The van der Waals surface area contributed by atoms with Crippen molar-refractivity contribution in [2.45, 2.75) is 0 Å². The monoisotopic (exact) mass is 187 g/mol. The number of carbonyl (C=O) groups is 1. The Balaban J connectivity index is 2.24. The molecule has 1 aliphatic rings. The lowest BCUT2D eigenvalue weighted by molar-refractivity contribution is 0.0948. The van der Waals surface area contributed by atoms with Crippen molar-refractivity contribution in [3.63, 3.8) is 0 Å². The molecule has 1 heterocycles. The van der Waals surface area contributed by atoms with Gasteiger partial charge >= 0.3 is 0 Å². The van der Waals surface area contributed by atoms with E-state index in [-0.39, 0.29) is 5.78 Å². The van der Waals surface area contributed by atoms with E-state index in [2.05, 4.69) is 5.48 Å². The molecule has 0 aliphatic carbocycles. The second kappa shape index (κ2) is 3.79. The topological polar surface area (TPSA) is 38.3 Å². The zero-order valence-electron chi connectivity index (χ0n) is 7.44. The highest BCUT2D eigenvalue weighted by Crippen LogP contribution is 2.08. The van der Waals surface area contributed by atoms with Gasteiger partial charge in [0.15, 0.2) is 0 Å². The van der Waals surface area contributed by atoms with Crippen LogP contribution in [-0.2, 0) is 4.84 Å². The van der Waals surface area contributed by atoms with Gasteiger partial charge in [-0.1, -0.05) is 30.3 Å². The van der Waals surface area contributed by atoms with Gasteiger partial charge in [-0.05, 0) is 12.2 Å². The molecule has 0 atom stereocenters. The van der Waals surface area contributed by atoms with Crippen LogP contribution >= 0.6 is 0 Å². The van der Waals surface area contributed by atoms with Gasteiger partial charge < -0.3 is 4.84 Å². The fraction of sp³-hybridized carbons (Fsp3) is 0. The predicted molar refractivity (Wildman–Crippen MR) is 52.2 cm³/mol. The van der Waals surface area contributed by atoms with Gasteiger partial charge in [-0.25, -0.2) is 5.48 Å². The average Bonchev–Trinajstić information content (AvgIpc) is 2.30. The van der Waals surface area contributed by atoms with Crippen molar-refractivity contribution >= 4 is 5.78 Å². The first-order valence-electron chi connectivity index (χ1n) is 4.26. The summed E-state index contributed by atoms with van der Waals surface area (Å²) in [6.45, 7) is 0. The normalized spacial score (nSPS) is 13.9. The van der Waals surface area contributed by atoms with Gasteiger partial charge in [-0.15, -0.1) is 0 Å². The van der Waals surface area contributed by atoms with Gasteiger partial charge in [0.25, 0.3) is 0 Å². The molecule has 3 nitrogen and oxygen atoms in total. The van der Waals surface area contributed by atoms with Gasteiger partial charge in [0.05, 0.1) is 0 Å². The van der Waals surface area contributed by atoms with E-state index in [4.69, 9.17) is 4.84 Å². The highest BCUT2D eigenvalue weighted by molar-refractivity contribution is 6.08. The molecule has 1 aromatic rings. The van der Waals surface area contributed by atoms with Crippen molar-refractivity contribution < 1.29 is 9.63 Å².